The molecule has 3 aromatic rings. The van der Waals surface area contributed by atoms with Gasteiger partial charge in [-0.05, 0) is 76.4 Å². The first-order valence-corrected chi connectivity index (χ1v) is 14.7. The lowest BCUT2D eigenvalue weighted by atomic mass is 9.98. The number of halogens is 1. The number of hydrogen-bond donors (Lipinski definition) is 1. The number of hydrogen-bond acceptors (Lipinski definition) is 6. The van der Waals surface area contributed by atoms with Gasteiger partial charge in [-0.25, -0.2) is 9.07 Å². The van der Waals surface area contributed by atoms with Gasteiger partial charge in [0.15, 0.2) is 11.5 Å². The maximum Gasteiger partial charge on any atom is 0.308 e. The van der Waals surface area contributed by atoms with Gasteiger partial charge in [0, 0.05) is 18.5 Å². The first kappa shape index (κ1) is 32.1. The summed E-state index contributed by atoms with van der Waals surface area (Å²) < 4.78 is 33.2. The van der Waals surface area contributed by atoms with Gasteiger partial charge in [0.2, 0.25) is 0 Å². The largest absolute Gasteiger partial charge is 0.460 e. The monoisotopic (exact) mass is 591 g/mol. The second-order valence-corrected chi connectivity index (χ2v) is 12.5. The van der Waals surface area contributed by atoms with Crippen LogP contribution in [0.4, 0.5) is 4.39 Å². The minimum Gasteiger partial charge on any atom is -0.460 e. The van der Waals surface area contributed by atoms with Crippen molar-refractivity contribution in [2.45, 2.75) is 97.4 Å². The number of aromatic nitrogens is 2. The molecule has 0 radical (unpaired) electrons. The molecule has 4 rings (SSSR count). The molecule has 1 aromatic heterocycles. The van der Waals surface area contributed by atoms with Gasteiger partial charge in [-0.3, -0.25) is 9.59 Å². The number of nitrogens with zero attached hydrogens (tertiary/aromatic N) is 2. The highest BCUT2D eigenvalue weighted by Crippen LogP contribution is 2.32. The van der Waals surface area contributed by atoms with E-state index in [1.807, 2.05) is 91.0 Å². The summed E-state index contributed by atoms with van der Waals surface area (Å²) in [6.07, 6.45) is 3.54. The lowest BCUT2D eigenvalue weighted by molar-refractivity contribution is -0.290. The highest BCUT2D eigenvalue weighted by molar-refractivity contribution is 5.95. The molecule has 1 amide bonds. The Labute approximate surface area is 253 Å². The minimum absolute atomic E-state index is 0.0571. The Morgan fingerprint density at radius 2 is 1.79 bits per heavy atom. The number of carbonyl (C=O) groups is 2. The fourth-order valence-electron chi connectivity index (χ4n) is 5.14. The summed E-state index contributed by atoms with van der Waals surface area (Å²) in [5.41, 5.74) is 2.73. The van der Waals surface area contributed by atoms with Crippen LogP contribution in [0.3, 0.4) is 0 Å². The van der Waals surface area contributed by atoms with E-state index in [0.717, 1.165) is 11.1 Å². The Kier molecular flexibility index (Phi) is 9.87. The molecule has 2 aromatic carbocycles. The standard InChI is InChI=1S/C34H42FN3O5/c1-22(2)30-28(18-17-26-19-27(42-34(6,7)41-26)20-29(39)43-33(3,4)5)38(25-15-13-24(35)14-16-25)37-31(30)32(40)36-21-23-11-9-8-10-12-23/h8-18,22,26-27H,19-21H2,1-7H3,(H,36,40)/b18-17+. The van der Waals surface area contributed by atoms with Crippen LogP contribution in [-0.4, -0.2) is 45.3 Å². The van der Waals surface area contributed by atoms with Crippen LogP contribution in [0.1, 0.15) is 94.5 Å². The van der Waals surface area contributed by atoms with Gasteiger partial charge >= 0.3 is 5.97 Å². The SMILES string of the molecule is CC(C)c1c(C(=O)NCc2ccccc2)nn(-c2ccc(F)cc2)c1/C=C/C1CC(CC(=O)OC(C)(C)C)OC(C)(C)O1. The molecule has 1 saturated heterocycles. The third-order valence-electron chi connectivity index (χ3n) is 6.78. The third kappa shape index (κ3) is 8.84. The van der Waals surface area contributed by atoms with Crippen molar-refractivity contribution < 1.29 is 28.2 Å². The zero-order valence-corrected chi connectivity index (χ0v) is 26.0. The average Bonchev–Trinajstić information content (AvgIpc) is 3.29. The second kappa shape index (κ2) is 13.2. The number of ether oxygens (including phenoxy) is 3. The van der Waals surface area contributed by atoms with E-state index in [1.165, 1.54) is 12.1 Å². The summed E-state index contributed by atoms with van der Waals surface area (Å²) in [5.74, 6) is -1.99. The molecule has 1 N–H and O–H groups in total. The molecule has 0 aliphatic carbocycles. The van der Waals surface area contributed by atoms with Crippen LogP contribution in [0, 0.1) is 5.82 Å². The number of esters is 1. The Morgan fingerprint density at radius 1 is 1.12 bits per heavy atom. The molecule has 8 nitrogen and oxygen atoms in total. The van der Waals surface area contributed by atoms with E-state index in [1.54, 1.807) is 16.8 Å². The number of benzene rings is 2. The summed E-state index contributed by atoms with van der Waals surface area (Å²) in [4.78, 5) is 26.0. The summed E-state index contributed by atoms with van der Waals surface area (Å²) >= 11 is 0. The van der Waals surface area contributed by atoms with Crippen LogP contribution < -0.4 is 5.32 Å². The first-order chi connectivity index (χ1) is 20.2. The molecule has 2 atom stereocenters. The summed E-state index contributed by atoms with van der Waals surface area (Å²) in [5, 5.41) is 7.71. The normalized spacial score (nSPS) is 18.6. The molecule has 0 bridgehead atoms. The van der Waals surface area contributed by atoms with E-state index in [9.17, 15) is 14.0 Å². The molecular weight excluding hydrogens is 549 g/mol. The van der Waals surface area contributed by atoms with E-state index in [0.29, 0.717) is 30.0 Å². The average molecular weight is 592 g/mol. The van der Waals surface area contributed by atoms with Gasteiger partial charge in [-0.2, -0.15) is 5.10 Å². The Bertz CT molecular complexity index is 1440. The molecule has 2 unspecified atom stereocenters. The second-order valence-electron chi connectivity index (χ2n) is 12.5. The molecule has 1 aliphatic rings. The van der Waals surface area contributed by atoms with E-state index in [2.05, 4.69) is 5.32 Å². The predicted molar refractivity (Wildman–Crippen MR) is 163 cm³/mol. The molecule has 1 fully saturated rings. The minimum atomic E-state index is -0.930. The lowest BCUT2D eigenvalue weighted by Gasteiger charge is -2.39. The van der Waals surface area contributed by atoms with Gasteiger partial charge in [0.05, 0.1) is 30.0 Å². The summed E-state index contributed by atoms with van der Waals surface area (Å²) in [6.45, 7) is 13.5. The van der Waals surface area contributed by atoms with Crippen LogP contribution >= 0.6 is 0 Å². The molecule has 230 valence electrons. The van der Waals surface area contributed by atoms with Gasteiger partial charge < -0.3 is 19.5 Å². The van der Waals surface area contributed by atoms with Crippen molar-refractivity contribution in [3.8, 4) is 5.69 Å². The smallest absolute Gasteiger partial charge is 0.308 e. The molecule has 1 aliphatic heterocycles. The fraction of sp³-hybridized carbons (Fsp3) is 0.441. The van der Waals surface area contributed by atoms with Gasteiger partial charge in [0.25, 0.3) is 5.91 Å². The molecular formula is C34H42FN3O5. The summed E-state index contributed by atoms with van der Waals surface area (Å²) in [7, 11) is 0. The van der Waals surface area contributed by atoms with Crippen LogP contribution in [0.25, 0.3) is 11.8 Å². The molecule has 9 heteroatoms. The van der Waals surface area contributed by atoms with Crippen LogP contribution in [0.5, 0.6) is 0 Å². The maximum absolute atomic E-state index is 13.8. The molecule has 0 saturated carbocycles. The number of nitrogens with one attached hydrogen (secondary N) is 1. The van der Waals surface area contributed by atoms with Gasteiger partial charge in [-0.15, -0.1) is 0 Å². The van der Waals surface area contributed by atoms with Gasteiger partial charge in [0.1, 0.15) is 11.4 Å². The van der Waals surface area contributed by atoms with E-state index < -0.39 is 17.5 Å². The van der Waals surface area contributed by atoms with Crippen molar-refractivity contribution >= 4 is 18.0 Å². The van der Waals surface area contributed by atoms with Crippen molar-refractivity contribution in [1.82, 2.24) is 15.1 Å². The number of rotatable bonds is 9. The fourth-order valence-corrected chi connectivity index (χ4v) is 5.14. The molecule has 2 heterocycles. The quantitative estimate of drug-likeness (QED) is 0.278. The zero-order chi connectivity index (χ0) is 31.4. The third-order valence-corrected chi connectivity index (χ3v) is 6.78. The van der Waals surface area contributed by atoms with Crippen LogP contribution in [0.2, 0.25) is 0 Å². The van der Waals surface area contributed by atoms with Crippen LogP contribution in [-0.2, 0) is 25.5 Å². The van der Waals surface area contributed by atoms with Crippen LogP contribution in [0.15, 0.2) is 60.7 Å². The molecule has 0 spiro atoms. The summed E-state index contributed by atoms with van der Waals surface area (Å²) in [6, 6.07) is 15.6. The van der Waals surface area contributed by atoms with Crippen molar-refractivity contribution in [3.63, 3.8) is 0 Å². The van der Waals surface area contributed by atoms with E-state index in [4.69, 9.17) is 19.3 Å². The number of carbonyl (C=O) groups excluding carboxylic acids is 2. The predicted octanol–water partition coefficient (Wildman–Crippen LogP) is 6.72. The van der Waals surface area contributed by atoms with Crippen molar-refractivity contribution in [3.05, 3.63) is 89.0 Å². The molecule has 43 heavy (non-hydrogen) atoms. The van der Waals surface area contributed by atoms with Gasteiger partial charge in [-0.1, -0.05) is 50.3 Å². The van der Waals surface area contributed by atoms with Crippen molar-refractivity contribution in [1.29, 1.82) is 0 Å². The topological polar surface area (TPSA) is 91.7 Å². The van der Waals surface area contributed by atoms with E-state index in [-0.39, 0.29) is 36.1 Å². The van der Waals surface area contributed by atoms with Crippen molar-refractivity contribution in [2.75, 3.05) is 0 Å². The Hall–Kier alpha value is -3.82. The number of amides is 1. The van der Waals surface area contributed by atoms with E-state index >= 15 is 0 Å². The Morgan fingerprint density at radius 3 is 2.42 bits per heavy atom. The Balaban J connectivity index is 1.66. The lowest BCUT2D eigenvalue weighted by Crippen LogP contribution is -2.45. The van der Waals surface area contributed by atoms with Crippen molar-refractivity contribution in [2.24, 2.45) is 0 Å². The highest BCUT2D eigenvalue weighted by atomic mass is 19.1. The zero-order valence-electron chi connectivity index (χ0n) is 26.0. The highest BCUT2D eigenvalue weighted by Gasteiger charge is 2.36. The first-order valence-electron chi connectivity index (χ1n) is 14.7. The maximum atomic E-state index is 13.8.